The molecule has 1 saturated heterocycles. The summed E-state index contributed by atoms with van der Waals surface area (Å²) < 4.78 is 17.4. The predicted molar refractivity (Wildman–Crippen MR) is 153 cm³/mol. The minimum absolute atomic E-state index is 0.378. The maximum atomic E-state index is 6.39. The lowest BCUT2D eigenvalue weighted by atomic mass is 9.78. The fourth-order valence-corrected chi connectivity index (χ4v) is 5.53. The van der Waals surface area contributed by atoms with Gasteiger partial charge in [-0.15, -0.1) is 0 Å². The minimum atomic E-state index is -0.396. The van der Waals surface area contributed by atoms with E-state index in [2.05, 4.69) is 140 Å². The zero-order valence-corrected chi connectivity index (χ0v) is 21.6. The molecule has 0 atom stereocenters. The highest BCUT2D eigenvalue weighted by atomic mass is 16.7. The number of nitrogens with zero attached hydrogens (tertiary/aromatic N) is 2. The molecular weight excluding hydrogens is 455 g/mol. The Labute approximate surface area is 217 Å². The lowest BCUT2D eigenvalue weighted by molar-refractivity contribution is 0.00578. The summed E-state index contributed by atoms with van der Waals surface area (Å²) in [6.45, 7) is 8.39. The first-order valence-electron chi connectivity index (χ1n) is 12.9. The van der Waals surface area contributed by atoms with E-state index in [1.54, 1.807) is 0 Å². The van der Waals surface area contributed by atoms with Crippen LogP contribution in [-0.2, 0) is 9.31 Å². The van der Waals surface area contributed by atoms with Crippen molar-refractivity contribution in [3.63, 3.8) is 0 Å². The van der Waals surface area contributed by atoms with Gasteiger partial charge >= 0.3 is 7.12 Å². The number of fused-ring (bicyclic) bond motifs is 5. The molecule has 0 spiro atoms. The Morgan fingerprint density at radius 1 is 0.595 bits per heavy atom. The molecule has 1 fully saturated rings. The van der Waals surface area contributed by atoms with Crippen LogP contribution in [0, 0.1) is 0 Å². The van der Waals surface area contributed by atoms with Crippen LogP contribution in [0.5, 0.6) is 0 Å². The van der Waals surface area contributed by atoms with Crippen LogP contribution >= 0.6 is 0 Å². The molecule has 0 unspecified atom stereocenters. The molecule has 2 aromatic heterocycles. The van der Waals surface area contributed by atoms with Gasteiger partial charge in [0.15, 0.2) is 0 Å². The molecule has 0 saturated carbocycles. The van der Waals surface area contributed by atoms with Crippen LogP contribution in [0.15, 0.2) is 103 Å². The highest BCUT2D eigenvalue weighted by molar-refractivity contribution is 6.62. The van der Waals surface area contributed by atoms with Gasteiger partial charge in [-0.25, -0.2) is 0 Å². The quantitative estimate of drug-likeness (QED) is 0.253. The summed E-state index contributed by atoms with van der Waals surface area (Å²) >= 11 is 0. The third kappa shape index (κ3) is 3.31. The van der Waals surface area contributed by atoms with Crippen LogP contribution in [0.25, 0.3) is 44.1 Å². The first kappa shape index (κ1) is 22.4. The SMILES string of the molecule is CC1(C)OB(c2ccc3c(c2)c2ccc4c(ccn4-c4ccccc4)c2n3-c2ccccc2)OC1(C)C. The maximum Gasteiger partial charge on any atom is 0.494 e. The van der Waals surface area contributed by atoms with Gasteiger partial charge in [-0.05, 0) is 75.6 Å². The molecule has 7 rings (SSSR count). The average molecular weight is 484 g/mol. The molecule has 0 bridgehead atoms. The smallest absolute Gasteiger partial charge is 0.399 e. The van der Waals surface area contributed by atoms with Gasteiger partial charge in [-0.2, -0.15) is 0 Å². The summed E-state index contributed by atoms with van der Waals surface area (Å²) in [6, 6.07) is 34.5. The van der Waals surface area contributed by atoms with E-state index in [0.29, 0.717) is 0 Å². The molecule has 1 aliphatic rings. The van der Waals surface area contributed by atoms with Gasteiger partial charge in [0.1, 0.15) is 0 Å². The molecule has 182 valence electrons. The molecule has 6 aromatic rings. The summed E-state index contributed by atoms with van der Waals surface area (Å²) in [7, 11) is -0.396. The van der Waals surface area contributed by atoms with E-state index in [-0.39, 0.29) is 11.2 Å². The zero-order chi connectivity index (χ0) is 25.4. The maximum absolute atomic E-state index is 6.39. The van der Waals surface area contributed by atoms with Gasteiger partial charge in [-0.3, -0.25) is 0 Å². The molecule has 4 nitrogen and oxygen atoms in total. The Morgan fingerprint density at radius 3 is 1.89 bits per heavy atom. The van der Waals surface area contributed by atoms with E-state index in [0.717, 1.165) is 16.8 Å². The van der Waals surface area contributed by atoms with Crippen LogP contribution in [0.4, 0.5) is 0 Å². The molecule has 5 heteroatoms. The van der Waals surface area contributed by atoms with Crippen LogP contribution in [0.3, 0.4) is 0 Å². The molecule has 0 N–H and O–H groups in total. The van der Waals surface area contributed by atoms with Crippen molar-refractivity contribution in [3.8, 4) is 11.4 Å². The topological polar surface area (TPSA) is 28.3 Å². The second-order valence-corrected chi connectivity index (χ2v) is 11.0. The van der Waals surface area contributed by atoms with Crippen LogP contribution in [-0.4, -0.2) is 27.5 Å². The van der Waals surface area contributed by atoms with Crippen LogP contribution < -0.4 is 5.46 Å². The molecule has 0 radical (unpaired) electrons. The fourth-order valence-electron chi connectivity index (χ4n) is 5.53. The van der Waals surface area contributed by atoms with Gasteiger partial charge in [0.25, 0.3) is 0 Å². The number of rotatable bonds is 3. The van der Waals surface area contributed by atoms with Crippen LogP contribution in [0.2, 0.25) is 0 Å². The van der Waals surface area contributed by atoms with Crippen molar-refractivity contribution in [3.05, 3.63) is 103 Å². The minimum Gasteiger partial charge on any atom is -0.399 e. The summed E-state index contributed by atoms with van der Waals surface area (Å²) in [5.41, 5.74) is 6.15. The zero-order valence-electron chi connectivity index (χ0n) is 21.6. The van der Waals surface area contributed by atoms with Crippen molar-refractivity contribution in [1.82, 2.24) is 9.13 Å². The van der Waals surface area contributed by atoms with E-state index < -0.39 is 7.12 Å². The Morgan fingerprint density at radius 2 is 1.22 bits per heavy atom. The predicted octanol–water partition coefficient (Wildman–Crippen LogP) is 7.03. The summed E-state index contributed by atoms with van der Waals surface area (Å²) in [5, 5.41) is 3.63. The molecule has 1 aliphatic heterocycles. The van der Waals surface area contributed by atoms with Crippen molar-refractivity contribution in [1.29, 1.82) is 0 Å². The molecule has 0 amide bonds. The Balaban J connectivity index is 1.50. The number of hydrogen-bond acceptors (Lipinski definition) is 2. The number of para-hydroxylation sites is 2. The summed E-state index contributed by atoms with van der Waals surface area (Å²) in [4.78, 5) is 0. The first-order chi connectivity index (χ1) is 17.8. The van der Waals surface area contributed by atoms with Crippen molar-refractivity contribution >= 4 is 45.3 Å². The van der Waals surface area contributed by atoms with Crippen molar-refractivity contribution in [2.24, 2.45) is 0 Å². The van der Waals surface area contributed by atoms with E-state index in [1.165, 1.54) is 32.7 Å². The molecule has 37 heavy (non-hydrogen) atoms. The number of benzene rings is 4. The molecular formula is C32H29BN2O2. The largest absolute Gasteiger partial charge is 0.494 e. The van der Waals surface area contributed by atoms with E-state index in [4.69, 9.17) is 9.31 Å². The Hall–Kier alpha value is -3.80. The van der Waals surface area contributed by atoms with Crippen molar-refractivity contribution in [2.45, 2.75) is 38.9 Å². The van der Waals surface area contributed by atoms with Crippen molar-refractivity contribution < 1.29 is 9.31 Å². The van der Waals surface area contributed by atoms with E-state index in [9.17, 15) is 0 Å². The van der Waals surface area contributed by atoms with E-state index in [1.807, 2.05) is 0 Å². The third-order valence-electron chi connectivity index (χ3n) is 8.19. The lowest BCUT2D eigenvalue weighted by Crippen LogP contribution is -2.41. The fraction of sp³-hybridized carbons (Fsp3) is 0.188. The number of hydrogen-bond donors (Lipinski definition) is 0. The summed E-state index contributed by atoms with van der Waals surface area (Å²) in [5.74, 6) is 0. The Kier molecular flexibility index (Phi) is 4.75. The number of aromatic nitrogens is 2. The first-order valence-corrected chi connectivity index (χ1v) is 12.9. The lowest BCUT2D eigenvalue weighted by Gasteiger charge is -2.32. The van der Waals surface area contributed by atoms with E-state index >= 15 is 0 Å². The van der Waals surface area contributed by atoms with Gasteiger partial charge < -0.3 is 18.4 Å². The third-order valence-corrected chi connectivity index (χ3v) is 8.19. The standard InChI is InChI=1S/C32H29BN2O2/c1-31(2)32(3,4)37-33(36-31)22-15-17-29-27(21-22)25-16-18-28-26(19-20-34(28)23-11-7-5-8-12-23)30(25)35(29)24-13-9-6-10-14-24/h5-21H,1-4H3. The highest BCUT2D eigenvalue weighted by Crippen LogP contribution is 2.39. The normalized spacial score (nSPS) is 16.8. The second-order valence-electron chi connectivity index (χ2n) is 11.0. The van der Waals surface area contributed by atoms with Crippen LogP contribution in [0.1, 0.15) is 27.7 Å². The van der Waals surface area contributed by atoms with Gasteiger partial charge in [0, 0.05) is 33.7 Å². The average Bonchev–Trinajstić information content (AvgIpc) is 3.54. The highest BCUT2D eigenvalue weighted by Gasteiger charge is 2.51. The second kappa shape index (κ2) is 7.85. The van der Waals surface area contributed by atoms with Crippen molar-refractivity contribution in [2.75, 3.05) is 0 Å². The molecule has 0 aliphatic carbocycles. The van der Waals surface area contributed by atoms with Gasteiger partial charge in [-0.1, -0.05) is 54.6 Å². The van der Waals surface area contributed by atoms with Gasteiger partial charge in [0.2, 0.25) is 0 Å². The Bertz CT molecular complexity index is 1770. The molecule has 3 heterocycles. The van der Waals surface area contributed by atoms with Gasteiger partial charge in [0.05, 0.1) is 27.8 Å². The summed E-state index contributed by atoms with van der Waals surface area (Å²) in [6.07, 6.45) is 2.17. The monoisotopic (exact) mass is 484 g/mol. The molecule has 4 aromatic carbocycles.